The summed E-state index contributed by atoms with van der Waals surface area (Å²) in [6.07, 6.45) is 0. The highest BCUT2D eigenvalue weighted by molar-refractivity contribution is 5.76. The first kappa shape index (κ1) is 13.0. The lowest BCUT2D eigenvalue weighted by Crippen LogP contribution is -2.34. The van der Waals surface area contributed by atoms with Gasteiger partial charge in [0.1, 0.15) is 0 Å². The van der Waals surface area contributed by atoms with E-state index in [1.807, 2.05) is 26.0 Å². The van der Waals surface area contributed by atoms with Crippen molar-refractivity contribution in [2.75, 3.05) is 5.32 Å². The number of aromatic nitrogens is 2. The Bertz CT molecular complexity index is 564. The Kier molecular flexibility index (Phi) is 3.75. The maximum absolute atomic E-state index is 11.2. The molecule has 19 heavy (non-hydrogen) atoms. The first-order valence-corrected chi connectivity index (χ1v) is 5.91. The number of aryl methyl sites for hydroxylation is 2. The van der Waals surface area contributed by atoms with Gasteiger partial charge in [-0.05, 0) is 25.5 Å². The molecule has 5 nitrogen and oxygen atoms in total. The molecule has 0 amide bonds. The average Bonchev–Trinajstić information content (AvgIpc) is 2.35. The maximum atomic E-state index is 11.2. The molecule has 1 heterocycles. The van der Waals surface area contributed by atoms with Crippen molar-refractivity contribution >= 4 is 11.9 Å². The van der Waals surface area contributed by atoms with Crippen LogP contribution in [-0.4, -0.2) is 15.9 Å². The second kappa shape index (κ2) is 5.48. The molecule has 0 bridgehead atoms. The van der Waals surface area contributed by atoms with Crippen molar-refractivity contribution in [2.45, 2.75) is 19.9 Å². The van der Waals surface area contributed by atoms with Gasteiger partial charge in [0.2, 0.25) is 5.95 Å². The minimum Gasteiger partial charge on any atom is -0.548 e. The average molecular weight is 256 g/mol. The van der Waals surface area contributed by atoms with E-state index >= 15 is 0 Å². The van der Waals surface area contributed by atoms with Gasteiger partial charge in [-0.15, -0.1) is 0 Å². The molecule has 2 aromatic rings. The zero-order valence-electron chi connectivity index (χ0n) is 10.8. The van der Waals surface area contributed by atoms with Gasteiger partial charge in [-0.1, -0.05) is 30.3 Å². The Morgan fingerprint density at radius 2 is 1.74 bits per heavy atom. The summed E-state index contributed by atoms with van der Waals surface area (Å²) in [4.78, 5) is 19.6. The monoisotopic (exact) mass is 256 g/mol. The van der Waals surface area contributed by atoms with Crippen molar-refractivity contribution < 1.29 is 9.90 Å². The molecule has 1 aromatic heterocycles. The van der Waals surface area contributed by atoms with E-state index in [2.05, 4.69) is 15.3 Å². The molecule has 0 spiro atoms. The molecule has 1 N–H and O–H groups in total. The fraction of sp³-hybridized carbons (Fsp3) is 0.214. The SMILES string of the molecule is Cc1cc(C)nc(NC(C(=O)[O-])c2ccccc2)n1. The lowest BCUT2D eigenvalue weighted by atomic mass is 10.1. The first-order chi connectivity index (χ1) is 9.06. The van der Waals surface area contributed by atoms with Crippen LogP contribution in [0, 0.1) is 13.8 Å². The fourth-order valence-corrected chi connectivity index (χ4v) is 1.84. The quantitative estimate of drug-likeness (QED) is 0.882. The smallest absolute Gasteiger partial charge is 0.223 e. The topological polar surface area (TPSA) is 77.9 Å². The summed E-state index contributed by atoms with van der Waals surface area (Å²) in [5.41, 5.74) is 2.16. The van der Waals surface area contributed by atoms with Crippen LogP contribution in [0.5, 0.6) is 0 Å². The highest BCUT2D eigenvalue weighted by Gasteiger charge is 2.13. The lowest BCUT2D eigenvalue weighted by molar-refractivity contribution is -0.307. The summed E-state index contributed by atoms with van der Waals surface area (Å²) < 4.78 is 0. The minimum atomic E-state index is -1.21. The molecule has 0 aliphatic heterocycles. The van der Waals surface area contributed by atoms with Crippen LogP contribution < -0.4 is 10.4 Å². The number of nitrogens with zero attached hydrogens (tertiary/aromatic N) is 2. The number of carbonyl (C=O) groups is 1. The number of carboxylic acids is 1. The third-order valence-corrected chi connectivity index (χ3v) is 2.62. The molecular weight excluding hydrogens is 242 g/mol. The summed E-state index contributed by atoms with van der Waals surface area (Å²) in [6.45, 7) is 3.66. The first-order valence-electron chi connectivity index (χ1n) is 5.91. The molecule has 0 radical (unpaired) electrons. The number of hydrogen-bond donors (Lipinski definition) is 1. The van der Waals surface area contributed by atoms with E-state index in [0.717, 1.165) is 11.4 Å². The van der Waals surface area contributed by atoms with Crippen LogP contribution in [0.15, 0.2) is 36.4 Å². The second-order valence-corrected chi connectivity index (χ2v) is 4.28. The summed E-state index contributed by atoms with van der Waals surface area (Å²) in [6, 6.07) is 9.66. The third-order valence-electron chi connectivity index (χ3n) is 2.62. The number of nitrogens with one attached hydrogen (secondary N) is 1. The predicted molar refractivity (Wildman–Crippen MR) is 69.3 cm³/mol. The maximum Gasteiger partial charge on any atom is 0.223 e. The molecule has 1 aromatic carbocycles. The minimum absolute atomic E-state index is 0.288. The van der Waals surface area contributed by atoms with Gasteiger partial charge >= 0.3 is 0 Å². The highest BCUT2D eigenvalue weighted by Crippen LogP contribution is 2.17. The molecule has 98 valence electrons. The molecule has 0 aliphatic rings. The number of hydrogen-bond acceptors (Lipinski definition) is 5. The highest BCUT2D eigenvalue weighted by atomic mass is 16.4. The van der Waals surface area contributed by atoms with Gasteiger partial charge in [-0.2, -0.15) is 0 Å². The van der Waals surface area contributed by atoms with Crippen LogP contribution in [0.4, 0.5) is 5.95 Å². The largest absolute Gasteiger partial charge is 0.548 e. The fourth-order valence-electron chi connectivity index (χ4n) is 1.84. The van der Waals surface area contributed by atoms with Crippen molar-refractivity contribution in [3.63, 3.8) is 0 Å². The van der Waals surface area contributed by atoms with Crippen molar-refractivity contribution in [1.82, 2.24) is 9.97 Å². The molecule has 1 atom stereocenters. The lowest BCUT2D eigenvalue weighted by Gasteiger charge is -2.20. The normalized spacial score (nSPS) is 11.9. The zero-order chi connectivity index (χ0) is 13.8. The van der Waals surface area contributed by atoms with Crippen LogP contribution in [-0.2, 0) is 4.79 Å². The number of carboxylic acid groups (broad SMARTS) is 1. The molecular formula is C14H14N3O2-. The third kappa shape index (κ3) is 3.28. The number of benzene rings is 1. The van der Waals surface area contributed by atoms with Gasteiger partial charge in [-0.3, -0.25) is 0 Å². The van der Waals surface area contributed by atoms with E-state index in [-0.39, 0.29) is 5.95 Å². The van der Waals surface area contributed by atoms with E-state index in [0.29, 0.717) is 5.56 Å². The predicted octanol–water partition coefficient (Wildman–Crippen LogP) is 0.997. The van der Waals surface area contributed by atoms with E-state index in [9.17, 15) is 9.90 Å². The van der Waals surface area contributed by atoms with Gasteiger partial charge in [0.25, 0.3) is 0 Å². The van der Waals surface area contributed by atoms with Gasteiger partial charge in [0.15, 0.2) is 0 Å². The van der Waals surface area contributed by atoms with Gasteiger partial charge < -0.3 is 15.2 Å². The Morgan fingerprint density at radius 1 is 1.16 bits per heavy atom. The molecule has 0 saturated carbocycles. The number of carbonyl (C=O) groups excluding carboxylic acids is 1. The number of rotatable bonds is 4. The summed E-state index contributed by atoms with van der Waals surface area (Å²) in [5.74, 6) is -0.926. The van der Waals surface area contributed by atoms with Crippen LogP contribution in [0.2, 0.25) is 0 Å². The molecule has 2 rings (SSSR count). The van der Waals surface area contributed by atoms with Crippen LogP contribution in [0.25, 0.3) is 0 Å². The molecule has 0 aliphatic carbocycles. The standard InChI is InChI=1S/C14H15N3O2/c1-9-8-10(2)16-14(15-9)17-12(13(18)19)11-6-4-3-5-7-11/h3-8,12H,1-2H3,(H,18,19)(H,15,16,17)/p-1. The van der Waals surface area contributed by atoms with Gasteiger partial charge in [0, 0.05) is 11.4 Å². The summed E-state index contributed by atoms with van der Waals surface area (Å²) >= 11 is 0. The van der Waals surface area contributed by atoms with Crippen molar-refractivity contribution in [3.05, 3.63) is 53.3 Å². The van der Waals surface area contributed by atoms with Crippen LogP contribution in [0.1, 0.15) is 23.0 Å². The van der Waals surface area contributed by atoms with Crippen molar-refractivity contribution in [2.24, 2.45) is 0 Å². The Morgan fingerprint density at radius 3 is 2.26 bits per heavy atom. The summed E-state index contributed by atoms with van der Waals surface area (Å²) in [5, 5.41) is 14.0. The van der Waals surface area contributed by atoms with Crippen molar-refractivity contribution in [3.8, 4) is 0 Å². The van der Waals surface area contributed by atoms with Gasteiger partial charge in [-0.25, -0.2) is 9.97 Å². The molecule has 0 saturated heterocycles. The molecule has 1 unspecified atom stereocenters. The van der Waals surface area contributed by atoms with Crippen molar-refractivity contribution in [1.29, 1.82) is 0 Å². The Labute approximate surface area is 111 Å². The van der Waals surface area contributed by atoms with Crippen LogP contribution in [0.3, 0.4) is 0 Å². The molecule has 0 fully saturated rings. The number of anilines is 1. The van der Waals surface area contributed by atoms with Gasteiger partial charge in [0.05, 0.1) is 12.0 Å². The Hall–Kier alpha value is -2.43. The van der Waals surface area contributed by atoms with E-state index < -0.39 is 12.0 Å². The summed E-state index contributed by atoms with van der Waals surface area (Å²) in [7, 11) is 0. The Balaban J connectivity index is 2.29. The second-order valence-electron chi connectivity index (χ2n) is 4.28. The number of aliphatic carboxylic acids is 1. The van der Waals surface area contributed by atoms with E-state index in [4.69, 9.17) is 0 Å². The zero-order valence-corrected chi connectivity index (χ0v) is 10.8. The van der Waals surface area contributed by atoms with Crippen LogP contribution >= 0.6 is 0 Å². The van der Waals surface area contributed by atoms with E-state index in [1.54, 1.807) is 24.3 Å². The molecule has 5 heteroatoms. The van der Waals surface area contributed by atoms with E-state index in [1.165, 1.54) is 0 Å².